The van der Waals surface area contributed by atoms with Crippen molar-refractivity contribution in [3.63, 3.8) is 0 Å². The number of thiocarbonyl (C=S) groups is 1. The summed E-state index contributed by atoms with van der Waals surface area (Å²) in [4.78, 5) is 28.6. The quantitative estimate of drug-likeness (QED) is 0.264. The molecular formula is C27H24N2O5S. The lowest BCUT2D eigenvalue weighted by atomic mass is 10.1. The minimum absolute atomic E-state index is 0.180. The lowest BCUT2D eigenvalue weighted by Crippen LogP contribution is -2.35. The fourth-order valence-corrected chi connectivity index (χ4v) is 3.95. The number of carbonyl (C=O) groups is 2. The molecule has 1 saturated heterocycles. The third kappa shape index (κ3) is 5.33. The Bertz CT molecular complexity index is 1260. The van der Waals surface area contributed by atoms with Gasteiger partial charge in [0.2, 0.25) is 0 Å². The van der Waals surface area contributed by atoms with Crippen LogP contribution in [0.15, 0.2) is 84.6 Å². The Hall–Kier alpha value is -4.17. The summed E-state index contributed by atoms with van der Waals surface area (Å²) >= 11 is 5.61. The van der Waals surface area contributed by atoms with Crippen molar-refractivity contribution in [3.8, 4) is 11.5 Å². The zero-order chi connectivity index (χ0) is 24.8. The minimum Gasteiger partial charge on any atom is -0.497 e. The lowest BCUT2D eigenvalue weighted by molar-refractivity contribution is -0.140. The lowest BCUT2D eigenvalue weighted by Gasteiger charge is -2.19. The van der Waals surface area contributed by atoms with Crippen molar-refractivity contribution < 1.29 is 23.8 Å². The van der Waals surface area contributed by atoms with Gasteiger partial charge >= 0.3 is 5.97 Å². The molecular weight excluding hydrogens is 464 g/mol. The number of anilines is 1. The highest BCUT2D eigenvalue weighted by Crippen LogP contribution is 2.32. The van der Waals surface area contributed by atoms with Gasteiger partial charge in [-0.3, -0.25) is 14.5 Å². The SMILES string of the molecule is COC(=O)CN1C(=S)N(c2ccc(OC)cc2)C(=O)C1=Cc1ccccc1OCc1ccccc1. The van der Waals surface area contributed by atoms with E-state index in [1.54, 1.807) is 37.5 Å². The molecule has 3 aromatic rings. The van der Waals surface area contributed by atoms with Gasteiger partial charge in [0.1, 0.15) is 30.3 Å². The van der Waals surface area contributed by atoms with Crippen molar-refractivity contribution in [1.82, 2.24) is 4.90 Å². The molecule has 8 heteroatoms. The predicted molar refractivity (Wildman–Crippen MR) is 137 cm³/mol. The highest BCUT2D eigenvalue weighted by molar-refractivity contribution is 7.80. The Kier molecular flexibility index (Phi) is 7.42. The average Bonchev–Trinajstić information content (AvgIpc) is 3.12. The summed E-state index contributed by atoms with van der Waals surface area (Å²) in [6.45, 7) is 0.170. The van der Waals surface area contributed by atoms with Crippen LogP contribution in [0.1, 0.15) is 11.1 Å². The van der Waals surface area contributed by atoms with Crippen molar-refractivity contribution in [2.24, 2.45) is 0 Å². The third-order valence-corrected chi connectivity index (χ3v) is 5.83. The number of hydrogen-bond donors (Lipinski definition) is 0. The van der Waals surface area contributed by atoms with Gasteiger partial charge in [0.05, 0.1) is 19.9 Å². The van der Waals surface area contributed by atoms with Crippen molar-refractivity contribution in [3.05, 3.63) is 95.7 Å². The molecule has 0 saturated carbocycles. The number of ether oxygens (including phenoxy) is 3. The largest absolute Gasteiger partial charge is 0.497 e. The van der Waals surface area contributed by atoms with Crippen LogP contribution in [0.4, 0.5) is 5.69 Å². The van der Waals surface area contributed by atoms with E-state index in [-0.39, 0.29) is 23.3 Å². The molecule has 0 unspecified atom stereocenters. The summed E-state index contributed by atoms with van der Waals surface area (Å²) in [5, 5.41) is 0.180. The maximum absolute atomic E-state index is 13.6. The summed E-state index contributed by atoms with van der Waals surface area (Å²) in [5.74, 6) is 0.375. The third-order valence-electron chi connectivity index (χ3n) is 5.43. The number of benzene rings is 3. The summed E-state index contributed by atoms with van der Waals surface area (Å²) < 4.78 is 16.1. The van der Waals surface area contributed by atoms with Crippen LogP contribution in [0, 0.1) is 0 Å². The van der Waals surface area contributed by atoms with Gasteiger partial charge < -0.3 is 19.1 Å². The standard InChI is InChI=1S/C27H24N2O5S/c1-32-22-14-12-21(13-15-22)29-26(31)23(28(27(29)35)17-25(30)33-2)16-20-10-6-7-11-24(20)34-18-19-8-4-3-5-9-19/h3-16H,17-18H2,1-2H3. The summed E-state index contributed by atoms with van der Waals surface area (Å²) in [5.41, 5.74) is 2.51. The topological polar surface area (TPSA) is 68.3 Å². The summed E-state index contributed by atoms with van der Waals surface area (Å²) in [6.07, 6.45) is 1.68. The smallest absolute Gasteiger partial charge is 0.325 e. The first-order valence-corrected chi connectivity index (χ1v) is 11.3. The molecule has 0 radical (unpaired) electrons. The van der Waals surface area contributed by atoms with Crippen molar-refractivity contribution in [2.45, 2.75) is 6.61 Å². The second-order valence-corrected chi connectivity index (χ2v) is 7.99. The molecule has 0 aromatic heterocycles. The van der Waals surface area contributed by atoms with E-state index in [4.69, 9.17) is 26.4 Å². The van der Waals surface area contributed by atoms with Crippen LogP contribution in [0.2, 0.25) is 0 Å². The zero-order valence-electron chi connectivity index (χ0n) is 19.3. The first-order chi connectivity index (χ1) is 17.0. The molecule has 1 heterocycles. The number of para-hydroxylation sites is 1. The maximum Gasteiger partial charge on any atom is 0.325 e. The molecule has 1 fully saturated rings. The normalized spacial score (nSPS) is 14.4. The van der Waals surface area contributed by atoms with Gasteiger partial charge in [0.25, 0.3) is 5.91 Å². The zero-order valence-corrected chi connectivity index (χ0v) is 20.2. The average molecular weight is 489 g/mol. The van der Waals surface area contributed by atoms with Crippen molar-refractivity contribution >= 4 is 41.0 Å². The number of carbonyl (C=O) groups excluding carboxylic acids is 2. The molecule has 0 bridgehead atoms. The van der Waals surface area contributed by atoms with E-state index < -0.39 is 5.97 Å². The predicted octanol–water partition coefficient (Wildman–Crippen LogP) is 4.42. The molecule has 1 aliphatic heterocycles. The van der Waals surface area contributed by atoms with Crippen LogP contribution in [-0.2, 0) is 20.9 Å². The molecule has 7 nitrogen and oxygen atoms in total. The second-order valence-electron chi connectivity index (χ2n) is 7.63. The maximum atomic E-state index is 13.6. The van der Waals surface area contributed by atoms with Gasteiger partial charge in [-0.2, -0.15) is 0 Å². The van der Waals surface area contributed by atoms with E-state index in [1.807, 2.05) is 54.6 Å². The number of methoxy groups -OCH3 is 2. The minimum atomic E-state index is -0.517. The van der Waals surface area contributed by atoms with E-state index in [0.29, 0.717) is 29.4 Å². The van der Waals surface area contributed by atoms with Gasteiger partial charge in [-0.1, -0.05) is 48.5 Å². The van der Waals surface area contributed by atoms with Gasteiger partial charge in [0.15, 0.2) is 5.11 Å². The summed E-state index contributed by atoms with van der Waals surface area (Å²) in [6, 6.07) is 24.1. The molecule has 0 N–H and O–H groups in total. The first kappa shape index (κ1) is 24.0. The number of amides is 1. The molecule has 1 aliphatic rings. The van der Waals surface area contributed by atoms with Gasteiger partial charge in [0, 0.05) is 5.56 Å². The molecule has 4 rings (SSSR count). The Morgan fingerprint density at radius 2 is 1.63 bits per heavy atom. The fourth-order valence-electron chi connectivity index (χ4n) is 3.60. The molecule has 3 aromatic carbocycles. The summed E-state index contributed by atoms with van der Waals surface area (Å²) in [7, 11) is 2.86. The molecule has 35 heavy (non-hydrogen) atoms. The number of esters is 1. The van der Waals surface area contributed by atoms with Gasteiger partial charge in [-0.15, -0.1) is 0 Å². The van der Waals surface area contributed by atoms with Crippen LogP contribution in [0.5, 0.6) is 11.5 Å². The van der Waals surface area contributed by atoms with E-state index in [1.165, 1.54) is 16.9 Å². The number of nitrogens with zero attached hydrogens (tertiary/aromatic N) is 2. The van der Waals surface area contributed by atoms with Crippen LogP contribution < -0.4 is 14.4 Å². The van der Waals surface area contributed by atoms with E-state index in [9.17, 15) is 9.59 Å². The van der Waals surface area contributed by atoms with Crippen molar-refractivity contribution in [2.75, 3.05) is 25.7 Å². The Balaban J connectivity index is 1.69. The van der Waals surface area contributed by atoms with Gasteiger partial charge in [-0.05, 0) is 54.2 Å². The highest BCUT2D eigenvalue weighted by Gasteiger charge is 2.40. The monoisotopic (exact) mass is 488 g/mol. The second kappa shape index (κ2) is 10.8. The van der Waals surface area contributed by atoms with Crippen molar-refractivity contribution in [1.29, 1.82) is 0 Å². The van der Waals surface area contributed by atoms with E-state index in [2.05, 4.69) is 0 Å². The van der Waals surface area contributed by atoms with Gasteiger partial charge in [-0.25, -0.2) is 0 Å². The van der Waals surface area contributed by atoms with E-state index in [0.717, 1.165) is 5.56 Å². The van der Waals surface area contributed by atoms with E-state index >= 15 is 0 Å². The van der Waals surface area contributed by atoms with Crippen LogP contribution >= 0.6 is 12.2 Å². The molecule has 0 aliphatic carbocycles. The Morgan fingerprint density at radius 3 is 2.31 bits per heavy atom. The van der Waals surface area contributed by atoms with Crippen LogP contribution in [0.25, 0.3) is 6.08 Å². The Labute approximate surface area is 209 Å². The molecule has 0 atom stereocenters. The number of hydrogen-bond acceptors (Lipinski definition) is 6. The molecule has 1 amide bonds. The fraction of sp³-hybridized carbons (Fsp3) is 0.148. The van der Waals surface area contributed by atoms with Crippen LogP contribution in [-0.4, -0.2) is 42.7 Å². The first-order valence-electron chi connectivity index (χ1n) is 10.9. The molecule has 0 spiro atoms. The molecule has 178 valence electrons. The highest BCUT2D eigenvalue weighted by atomic mass is 32.1. The van der Waals surface area contributed by atoms with Crippen LogP contribution in [0.3, 0.4) is 0 Å². The Morgan fingerprint density at radius 1 is 0.943 bits per heavy atom. The number of rotatable bonds is 8.